The van der Waals surface area contributed by atoms with E-state index >= 15 is 0 Å². The Labute approximate surface area is 143 Å². The van der Waals surface area contributed by atoms with Gasteiger partial charge in [0.2, 0.25) is 5.91 Å². The molecule has 0 spiro atoms. The fourth-order valence-corrected chi connectivity index (χ4v) is 3.40. The molecule has 1 aliphatic heterocycles. The summed E-state index contributed by atoms with van der Waals surface area (Å²) in [6, 6.07) is 0.671. The maximum atomic E-state index is 12.7. The van der Waals surface area contributed by atoms with Crippen LogP contribution in [0.3, 0.4) is 0 Å². The van der Waals surface area contributed by atoms with Crippen LogP contribution in [0.2, 0.25) is 0 Å². The molecular weight excluding hydrogens is 286 g/mol. The molecule has 0 atom stereocenters. The normalized spacial score (nSPS) is 20.4. The predicted octanol–water partition coefficient (Wildman–Crippen LogP) is 2.59. The third-order valence-corrected chi connectivity index (χ3v) is 4.86. The van der Waals surface area contributed by atoms with E-state index in [-0.39, 0.29) is 0 Å². The molecule has 0 bridgehead atoms. The van der Waals surface area contributed by atoms with Crippen LogP contribution in [0.4, 0.5) is 0 Å². The molecule has 0 aromatic rings. The highest BCUT2D eigenvalue weighted by Crippen LogP contribution is 2.28. The fraction of sp³-hybridized carbons (Fsp3) is 0.947. The van der Waals surface area contributed by atoms with Gasteiger partial charge in [-0.3, -0.25) is 9.69 Å². The van der Waals surface area contributed by atoms with Crippen LogP contribution in [0.5, 0.6) is 0 Å². The Morgan fingerprint density at radius 1 is 1.04 bits per heavy atom. The molecule has 2 rings (SSSR count). The van der Waals surface area contributed by atoms with E-state index in [0.29, 0.717) is 30.3 Å². The van der Waals surface area contributed by atoms with Crippen molar-refractivity contribution >= 4 is 5.91 Å². The molecule has 0 radical (unpaired) electrons. The number of nitrogens with one attached hydrogen (secondary N) is 1. The Bertz CT molecular complexity index is 348. The predicted molar refractivity (Wildman–Crippen MR) is 96.4 cm³/mol. The zero-order valence-corrected chi connectivity index (χ0v) is 15.7. The van der Waals surface area contributed by atoms with E-state index in [1.165, 1.54) is 32.2 Å². The van der Waals surface area contributed by atoms with Crippen molar-refractivity contribution in [1.29, 1.82) is 0 Å². The van der Waals surface area contributed by atoms with E-state index in [4.69, 9.17) is 0 Å². The van der Waals surface area contributed by atoms with Gasteiger partial charge in [-0.05, 0) is 50.0 Å². The molecule has 1 heterocycles. The smallest absolute Gasteiger partial charge is 0.236 e. The number of nitrogens with zero attached hydrogens (tertiary/aromatic N) is 2. The molecule has 0 unspecified atom stereocenters. The summed E-state index contributed by atoms with van der Waals surface area (Å²) >= 11 is 0. The third-order valence-electron chi connectivity index (χ3n) is 4.86. The highest BCUT2D eigenvalue weighted by molar-refractivity contribution is 5.78. The first-order valence-corrected chi connectivity index (χ1v) is 9.67. The maximum Gasteiger partial charge on any atom is 0.236 e. The Hall–Kier alpha value is -0.610. The Kier molecular flexibility index (Phi) is 7.35. The lowest BCUT2D eigenvalue weighted by Crippen LogP contribution is -2.48. The topological polar surface area (TPSA) is 35.6 Å². The van der Waals surface area contributed by atoms with Crippen molar-refractivity contribution in [3.8, 4) is 0 Å². The largest absolute Gasteiger partial charge is 0.341 e. The summed E-state index contributed by atoms with van der Waals surface area (Å²) in [5.74, 6) is 2.34. The van der Waals surface area contributed by atoms with Crippen molar-refractivity contribution in [1.82, 2.24) is 15.1 Å². The van der Waals surface area contributed by atoms with Crippen molar-refractivity contribution in [2.24, 2.45) is 17.8 Å². The monoisotopic (exact) mass is 323 g/mol. The van der Waals surface area contributed by atoms with E-state index in [2.05, 4.69) is 42.8 Å². The minimum Gasteiger partial charge on any atom is -0.341 e. The van der Waals surface area contributed by atoms with Gasteiger partial charge in [0.1, 0.15) is 0 Å². The standard InChI is InChI=1S/C19H37N3O/c1-15(2)12-22(13-16(3)4)19(23)14-21-9-7-18(8-10-21)20-11-17-5-6-17/h15-18,20H,5-14H2,1-4H3. The number of likely N-dealkylation sites (tertiary alicyclic amines) is 1. The molecule has 1 saturated heterocycles. The Morgan fingerprint density at radius 2 is 1.61 bits per heavy atom. The van der Waals surface area contributed by atoms with Crippen LogP contribution in [0.25, 0.3) is 0 Å². The molecule has 4 nitrogen and oxygen atoms in total. The van der Waals surface area contributed by atoms with Gasteiger partial charge in [0.15, 0.2) is 0 Å². The van der Waals surface area contributed by atoms with E-state index in [1.54, 1.807) is 0 Å². The second-order valence-electron chi connectivity index (χ2n) is 8.49. The highest BCUT2D eigenvalue weighted by Gasteiger charge is 2.26. The number of rotatable bonds is 9. The first kappa shape index (κ1) is 18.7. The Morgan fingerprint density at radius 3 is 2.09 bits per heavy atom. The molecule has 1 aliphatic carbocycles. The van der Waals surface area contributed by atoms with Gasteiger partial charge in [0, 0.05) is 32.2 Å². The average molecular weight is 324 g/mol. The zero-order chi connectivity index (χ0) is 16.8. The lowest BCUT2D eigenvalue weighted by molar-refractivity contribution is -0.133. The molecule has 4 heteroatoms. The van der Waals surface area contributed by atoms with E-state index in [9.17, 15) is 4.79 Å². The van der Waals surface area contributed by atoms with Gasteiger partial charge in [0.05, 0.1) is 6.54 Å². The highest BCUT2D eigenvalue weighted by atomic mass is 16.2. The number of carbonyl (C=O) groups excluding carboxylic acids is 1. The minimum absolute atomic E-state index is 0.316. The van der Waals surface area contributed by atoms with Crippen LogP contribution in [-0.2, 0) is 4.79 Å². The molecule has 0 aromatic carbocycles. The first-order valence-electron chi connectivity index (χ1n) is 9.67. The minimum atomic E-state index is 0.316. The number of hydrogen-bond acceptors (Lipinski definition) is 3. The molecular formula is C19H37N3O. The SMILES string of the molecule is CC(C)CN(CC(C)C)C(=O)CN1CCC(NCC2CC2)CC1. The second-order valence-corrected chi connectivity index (χ2v) is 8.49. The molecule has 1 saturated carbocycles. The van der Waals surface area contributed by atoms with Crippen LogP contribution in [0, 0.1) is 17.8 Å². The fourth-order valence-electron chi connectivity index (χ4n) is 3.40. The molecule has 134 valence electrons. The van der Waals surface area contributed by atoms with Crippen molar-refractivity contribution in [2.45, 2.75) is 59.4 Å². The molecule has 23 heavy (non-hydrogen) atoms. The van der Waals surface area contributed by atoms with Gasteiger partial charge in [-0.25, -0.2) is 0 Å². The number of amides is 1. The zero-order valence-electron chi connectivity index (χ0n) is 15.7. The molecule has 1 N–H and O–H groups in total. The van der Waals surface area contributed by atoms with Crippen LogP contribution >= 0.6 is 0 Å². The summed E-state index contributed by atoms with van der Waals surface area (Å²) < 4.78 is 0. The van der Waals surface area contributed by atoms with Crippen LogP contribution in [0.1, 0.15) is 53.4 Å². The van der Waals surface area contributed by atoms with Gasteiger partial charge in [-0.1, -0.05) is 27.7 Å². The molecule has 2 fully saturated rings. The molecule has 2 aliphatic rings. The number of piperidine rings is 1. The van der Waals surface area contributed by atoms with Crippen LogP contribution in [-0.4, -0.2) is 61.0 Å². The maximum absolute atomic E-state index is 12.7. The van der Waals surface area contributed by atoms with Gasteiger partial charge < -0.3 is 10.2 Å². The first-order chi connectivity index (χ1) is 10.9. The summed E-state index contributed by atoms with van der Waals surface area (Å²) in [5.41, 5.74) is 0. The third kappa shape index (κ3) is 7.21. The van der Waals surface area contributed by atoms with Crippen molar-refractivity contribution in [2.75, 3.05) is 39.3 Å². The molecule has 0 aromatic heterocycles. The van der Waals surface area contributed by atoms with E-state index in [1.807, 2.05) is 0 Å². The number of hydrogen-bond donors (Lipinski definition) is 1. The summed E-state index contributed by atoms with van der Waals surface area (Å²) in [7, 11) is 0. The van der Waals surface area contributed by atoms with Crippen LogP contribution < -0.4 is 5.32 Å². The van der Waals surface area contributed by atoms with Crippen molar-refractivity contribution < 1.29 is 4.79 Å². The number of carbonyl (C=O) groups is 1. The lowest BCUT2D eigenvalue weighted by Gasteiger charge is -2.34. The lowest BCUT2D eigenvalue weighted by atomic mass is 10.0. The molecule has 1 amide bonds. The van der Waals surface area contributed by atoms with E-state index < -0.39 is 0 Å². The van der Waals surface area contributed by atoms with Crippen LogP contribution in [0.15, 0.2) is 0 Å². The summed E-state index contributed by atoms with van der Waals surface area (Å²) in [6.45, 7) is 14.5. The van der Waals surface area contributed by atoms with Gasteiger partial charge in [-0.15, -0.1) is 0 Å². The van der Waals surface area contributed by atoms with E-state index in [0.717, 1.165) is 32.1 Å². The summed E-state index contributed by atoms with van der Waals surface area (Å²) in [5, 5.41) is 3.71. The average Bonchev–Trinajstić information content (AvgIpc) is 3.29. The van der Waals surface area contributed by atoms with Crippen molar-refractivity contribution in [3.63, 3.8) is 0 Å². The van der Waals surface area contributed by atoms with Crippen molar-refractivity contribution in [3.05, 3.63) is 0 Å². The van der Waals surface area contributed by atoms with Gasteiger partial charge in [0.25, 0.3) is 0 Å². The van der Waals surface area contributed by atoms with Gasteiger partial charge >= 0.3 is 0 Å². The Balaban J connectivity index is 1.70. The summed E-state index contributed by atoms with van der Waals surface area (Å²) in [4.78, 5) is 17.1. The quantitative estimate of drug-likeness (QED) is 0.708. The summed E-state index contributed by atoms with van der Waals surface area (Å²) in [6.07, 6.45) is 5.21. The second kappa shape index (κ2) is 9.03. The van der Waals surface area contributed by atoms with Gasteiger partial charge in [-0.2, -0.15) is 0 Å².